The summed E-state index contributed by atoms with van der Waals surface area (Å²) in [5.41, 5.74) is 0.549. The molecular formula is C21H26N4O5. The fourth-order valence-corrected chi connectivity index (χ4v) is 3.44. The number of methoxy groups -OCH3 is 1. The van der Waals surface area contributed by atoms with Crippen LogP contribution in [-0.4, -0.2) is 58.8 Å². The summed E-state index contributed by atoms with van der Waals surface area (Å²) in [6.07, 6.45) is 1.80. The van der Waals surface area contributed by atoms with Gasteiger partial charge in [0.2, 0.25) is 5.91 Å². The Balaban J connectivity index is 1.59. The van der Waals surface area contributed by atoms with Crippen molar-refractivity contribution in [1.29, 1.82) is 0 Å². The van der Waals surface area contributed by atoms with Gasteiger partial charge < -0.3 is 19.4 Å². The molecule has 0 bridgehead atoms. The molecule has 1 aromatic carbocycles. The minimum Gasteiger partial charge on any atom is -0.497 e. The first-order valence-electron chi connectivity index (χ1n) is 10.1. The number of carbonyl (C=O) groups is 2. The average Bonchev–Trinajstić information content (AvgIpc) is 2.78. The van der Waals surface area contributed by atoms with Gasteiger partial charge in [-0.05, 0) is 44.0 Å². The number of aromatic nitrogens is 3. The largest absolute Gasteiger partial charge is 0.497 e. The zero-order valence-electron chi connectivity index (χ0n) is 17.2. The molecule has 2 aromatic rings. The van der Waals surface area contributed by atoms with Gasteiger partial charge in [0.15, 0.2) is 5.82 Å². The zero-order chi connectivity index (χ0) is 21.5. The molecule has 160 valence electrons. The van der Waals surface area contributed by atoms with Crippen molar-refractivity contribution in [1.82, 2.24) is 20.1 Å². The molecule has 1 aliphatic rings. The van der Waals surface area contributed by atoms with Gasteiger partial charge in [0.05, 0.1) is 19.6 Å². The maximum atomic E-state index is 12.6. The van der Waals surface area contributed by atoms with Crippen LogP contribution in [0.4, 0.5) is 0 Å². The van der Waals surface area contributed by atoms with Crippen molar-refractivity contribution in [2.75, 3.05) is 26.8 Å². The number of hydrogen-bond donors (Lipinski definition) is 1. The molecular weight excluding hydrogens is 388 g/mol. The highest BCUT2D eigenvalue weighted by Crippen LogP contribution is 2.19. The quantitative estimate of drug-likeness (QED) is 0.684. The summed E-state index contributed by atoms with van der Waals surface area (Å²) < 4.78 is 10.2. The lowest BCUT2D eigenvalue weighted by atomic mass is 9.98. The number of likely N-dealkylation sites (tertiary alicyclic amines) is 1. The third-order valence-electron chi connectivity index (χ3n) is 5.10. The van der Waals surface area contributed by atoms with Gasteiger partial charge in [0.1, 0.15) is 11.4 Å². The highest BCUT2D eigenvalue weighted by Gasteiger charge is 2.29. The molecule has 0 unspecified atom stereocenters. The van der Waals surface area contributed by atoms with Gasteiger partial charge in [0.25, 0.3) is 5.56 Å². The SMILES string of the molecule is CCOC(=O)[C@@H]1CCCN(C(=O)CCc2nnc(-c3ccc(OC)cc3)[nH]c2=O)C1. The Labute approximate surface area is 174 Å². The Morgan fingerprint density at radius 3 is 2.67 bits per heavy atom. The second kappa shape index (κ2) is 10.00. The molecule has 9 nitrogen and oxygen atoms in total. The predicted octanol–water partition coefficient (Wildman–Crippen LogP) is 1.57. The highest BCUT2D eigenvalue weighted by atomic mass is 16.5. The first-order chi connectivity index (χ1) is 14.5. The first-order valence-corrected chi connectivity index (χ1v) is 10.1. The summed E-state index contributed by atoms with van der Waals surface area (Å²) in [7, 11) is 1.58. The number of rotatable bonds is 7. The van der Waals surface area contributed by atoms with Crippen molar-refractivity contribution < 1.29 is 19.1 Å². The number of piperidine rings is 1. The van der Waals surface area contributed by atoms with Crippen LogP contribution in [0.2, 0.25) is 0 Å². The van der Waals surface area contributed by atoms with Gasteiger partial charge in [-0.15, -0.1) is 10.2 Å². The van der Waals surface area contributed by atoms with Crippen LogP contribution in [0.5, 0.6) is 5.75 Å². The van der Waals surface area contributed by atoms with Crippen LogP contribution in [0.25, 0.3) is 11.4 Å². The third kappa shape index (κ3) is 5.22. The van der Waals surface area contributed by atoms with Crippen LogP contribution < -0.4 is 10.3 Å². The molecule has 1 atom stereocenters. The second-order valence-electron chi connectivity index (χ2n) is 7.11. The highest BCUT2D eigenvalue weighted by molar-refractivity contribution is 5.78. The molecule has 3 rings (SSSR count). The van der Waals surface area contributed by atoms with E-state index >= 15 is 0 Å². The van der Waals surface area contributed by atoms with Crippen LogP contribution in [0.3, 0.4) is 0 Å². The van der Waals surface area contributed by atoms with Gasteiger partial charge in [-0.1, -0.05) is 0 Å². The molecule has 1 saturated heterocycles. The number of esters is 1. The minimum atomic E-state index is -0.369. The van der Waals surface area contributed by atoms with Gasteiger partial charge >= 0.3 is 5.97 Å². The van der Waals surface area contributed by atoms with Gasteiger partial charge in [0, 0.05) is 31.5 Å². The number of nitrogens with zero attached hydrogens (tertiary/aromatic N) is 3. The molecule has 30 heavy (non-hydrogen) atoms. The average molecular weight is 414 g/mol. The lowest BCUT2D eigenvalue weighted by Gasteiger charge is -2.31. The monoisotopic (exact) mass is 414 g/mol. The number of ether oxygens (including phenoxy) is 2. The van der Waals surface area contributed by atoms with Crippen molar-refractivity contribution >= 4 is 11.9 Å². The number of nitrogens with one attached hydrogen (secondary N) is 1. The molecule has 0 saturated carbocycles. The molecule has 1 amide bonds. The maximum Gasteiger partial charge on any atom is 0.310 e. The van der Waals surface area contributed by atoms with Crippen molar-refractivity contribution in [3.05, 3.63) is 40.3 Å². The predicted molar refractivity (Wildman–Crippen MR) is 109 cm³/mol. The van der Waals surface area contributed by atoms with E-state index in [-0.39, 0.29) is 41.9 Å². The number of benzene rings is 1. The number of amides is 1. The van der Waals surface area contributed by atoms with E-state index < -0.39 is 0 Å². The minimum absolute atomic E-state index is 0.107. The second-order valence-corrected chi connectivity index (χ2v) is 7.11. The Kier molecular flexibility index (Phi) is 7.16. The molecule has 1 aliphatic heterocycles. The summed E-state index contributed by atoms with van der Waals surface area (Å²) in [6.45, 7) is 3.06. The van der Waals surface area contributed by atoms with Crippen LogP contribution in [-0.2, 0) is 20.7 Å². The molecule has 0 radical (unpaired) electrons. The van der Waals surface area contributed by atoms with Crippen molar-refractivity contribution in [3.63, 3.8) is 0 Å². The topological polar surface area (TPSA) is 114 Å². The smallest absolute Gasteiger partial charge is 0.310 e. The van der Waals surface area contributed by atoms with Gasteiger partial charge in [-0.3, -0.25) is 14.4 Å². The fraction of sp³-hybridized carbons (Fsp3) is 0.476. The van der Waals surface area contributed by atoms with Crippen molar-refractivity contribution in [2.24, 2.45) is 5.92 Å². The van der Waals surface area contributed by atoms with E-state index in [9.17, 15) is 14.4 Å². The molecule has 1 N–H and O–H groups in total. The van der Waals surface area contributed by atoms with Crippen LogP contribution in [0.15, 0.2) is 29.1 Å². The summed E-state index contributed by atoms with van der Waals surface area (Å²) in [6, 6.07) is 7.09. The Morgan fingerprint density at radius 2 is 2.00 bits per heavy atom. The van der Waals surface area contributed by atoms with E-state index in [0.29, 0.717) is 36.8 Å². The lowest BCUT2D eigenvalue weighted by molar-refractivity contribution is -0.151. The number of hydrogen-bond acceptors (Lipinski definition) is 7. The molecule has 1 fully saturated rings. The number of H-pyrrole nitrogens is 1. The Morgan fingerprint density at radius 1 is 1.23 bits per heavy atom. The van der Waals surface area contributed by atoms with Gasteiger partial charge in [-0.2, -0.15) is 0 Å². The van der Waals surface area contributed by atoms with Crippen molar-refractivity contribution in [2.45, 2.75) is 32.6 Å². The van der Waals surface area contributed by atoms with E-state index in [2.05, 4.69) is 15.2 Å². The molecule has 9 heteroatoms. The van der Waals surface area contributed by atoms with Crippen LogP contribution >= 0.6 is 0 Å². The maximum absolute atomic E-state index is 12.6. The summed E-state index contributed by atoms with van der Waals surface area (Å²) in [5, 5.41) is 8.09. The molecule has 1 aromatic heterocycles. The number of aryl methyl sites for hydroxylation is 1. The Hall–Kier alpha value is -3.23. The molecule has 2 heterocycles. The standard InChI is InChI=1S/C21H26N4O5/c1-3-30-21(28)15-5-4-12-25(13-15)18(26)11-10-17-20(27)22-19(24-23-17)14-6-8-16(29-2)9-7-14/h6-9,15H,3-5,10-13H2,1-2H3,(H,22,24,27)/t15-/m1/s1. The molecule has 0 aliphatic carbocycles. The number of carbonyl (C=O) groups excluding carboxylic acids is 2. The first kappa shape index (κ1) is 21.5. The van der Waals surface area contributed by atoms with Gasteiger partial charge in [-0.25, -0.2) is 0 Å². The van der Waals surface area contributed by atoms with E-state index in [0.717, 1.165) is 12.8 Å². The van der Waals surface area contributed by atoms with Crippen LogP contribution in [0, 0.1) is 5.92 Å². The van der Waals surface area contributed by atoms with E-state index in [1.165, 1.54) is 0 Å². The van der Waals surface area contributed by atoms with Crippen molar-refractivity contribution in [3.8, 4) is 17.1 Å². The van der Waals surface area contributed by atoms with E-state index in [4.69, 9.17) is 9.47 Å². The fourth-order valence-electron chi connectivity index (χ4n) is 3.44. The summed E-state index contributed by atoms with van der Waals surface area (Å²) in [4.78, 5) is 41.3. The molecule has 0 spiro atoms. The zero-order valence-corrected chi connectivity index (χ0v) is 17.2. The van der Waals surface area contributed by atoms with Crippen LogP contribution in [0.1, 0.15) is 31.9 Å². The lowest BCUT2D eigenvalue weighted by Crippen LogP contribution is -2.43. The van der Waals surface area contributed by atoms with E-state index in [1.54, 1.807) is 43.2 Å². The number of aromatic amines is 1. The normalized spacial score (nSPS) is 16.2. The van der Waals surface area contributed by atoms with E-state index in [1.807, 2.05) is 0 Å². The summed E-state index contributed by atoms with van der Waals surface area (Å²) in [5.74, 6) is 0.406. The third-order valence-corrected chi connectivity index (χ3v) is 5.10. The summed E-state index contributed by atoms with van der Waals surface area (Å²) >= 11 is 0. The Bertz CT molecular complexity index is 941.